The lowest BCUT2D eigenvalue weighted by atomic mass is 10.2. The van der Waals surface area contributed by atoms with Gasteiger partial charge in [0.05, 0.1) is 12.6 Å². The normalized spacial score (nSPS) is 11.6. The van der Waals surface area contributed by atoms with Crippen molar-refractivity contribution in [1.82, 2.24) is 5.32 Å². The van der Waals surface area contributed by atoms with Gasteiger partial charge in [0.2, 0.25) is 5.91 Å². The van der Waals surface area contributed by atoms with Gasteiger partial charge in [0.15, 0.2) is 11.5 Å². The van der Waals surface area contributed by atoms with E-state index in [1.807, 2.05) is 6.26 Å². The number of halogens is 3. The molecule has 1 aromatic carbocycles. The largest absolute Gasteiger partial charge is 0.490 e. The van der Waals surface area contributed by atoms with Crippen LogP contribution in [-0.2, 0) is 11.3 Å². The van der Waals surface area contributed by atoms with E-state index >= 15 is 0 Å². The first-order valence-corrected chi connectivity index (χ1v) is 8.60. The Morgan fingerprint density at radius 1 is 1.38 bits per heavy atom. The summed E-state index contributed by atoms with van der Waals surface area (Å²) in [5.41, 5.74) is 6.48. The van der Waals surface area contributed by atoms with Gasteiger partial charge in [0.1, 0.15) is 0 Å². The van der Waals surface area contributed by atoms with Crippen molar-refractivity contribution in [3.05, 3.63) is 23.8 Å². The summed E-state index contributed by atoms with van der Waals surface area (Å²) in [6.45, 7) is -0.629. The molecule has 0 aliphatic rings. The minimum Gasteiger partial charge on any atom is -0.490 e. The van der Waals surface area contributed by atoms with Crippen LogP contribution in [0.15, 0.2) is 18.2 Å². The quantitative estimate of drug-likeness (QED) is 0.649. The number of benzene rings is 1. The van der Waals surface area contributed by atoms with E-state index in [9.17, 15) is 13.6 Å². The van der Waals surface area contributed by atoms with E-state index < -0.39 is 12.7 Å². The molecule has 24 heavy (non-hydrogen) atoms. The third kappa shape index (κ3) is 8.03. The standard InChI is InChI=1S/C15H22F2N2O3S.ClH/c1-3-21-13-8-10(4-5-12(13)22-15(16)17)9-19-14(20)11(18)6-7-23-2;/h4-5,8,11,15H,3,6-7,9,18H2,1-2H3,(H,19,20);1H/t11-;/m0./s1. The van der Waals surface area contributed by atoms with E-state index in [-0.39, 0.29) is 36.4 Å². The van der Waals surface area contributed by atoms with Gasteiger partial charge in [-0.1, -0.05) is 6.07 Å². The monoisotopic (exact) mass is 384 g/mol. The average Bonchev–Trinajstić information content (AvgIpc) is 2.52. The number of nitrogens with two attached hydrogens (primary N) is 1. The molecule has 0 spiro atoms. The minimum atomic E-state index is -2.92. The number of rotatable bonds is 10. The van der Waals surface area contributed by atoms with Crippen LogP contribution in [0.4, 0.5) is 8.78 Å². The van der Waals surface area contributed by atoms with Crippen molar-refractivity contribution >= 4 is 30.1 Å². The van der Waals surface area contributed by atoms with Crippen molar-refractivity contribution in [1.29, 1.82) is 0 Å². The van der Waals surface area contributed by atoms with Gasteiger partial charge >= 0.3 is 6.61 Å². The summed E-state index contributed by atoms with van der Waals surface area (Å²) in [6, 6.07) is 3.99. The highest BCUT2D eigenvalue weighted by atomic mass is 35.5. The Morgan fingerprint density at radius 2 is 2.08 bits per heavy atom. The summed E-state index contributed by atoms with van der Waals surface area (Å²) in [5, 5.41) is 2.72. The minimum absolute atomic E-state index is 0. The molecule has 0 radical (unpaired) electrons. The van der Waals surface area contributed by atoms with E-state index in [0.29, 0.717) is 18.6 Å². The Balaban J connectivity index is 0.00000529. The number of hydrogen-bond acceptors (Lipinski definition) is 5. The van der Waals surface area contributed by atoms with E-state index in [0.717, 1.165) is 5.75 Å². The molecule has 0 heterocycles. The van der Waals surface area contributed by atoms with Gasteiger partial charge < -0.3 is 20.5 Å². The SMILES string of the molecule is CCOc1cc(CNC(=O)[C@@H](N)CCSC)ccc1OC(F)F.Cl. The van der Waals surface area contributed by atoms with Crippen molar-refractivity contribution in [2.45, 2.75) is 32.5 Å². The summed E-state index contributed by atoms with van der Waals surface area (Å²) in [6.07, 6.45) is 2.54. The lowest BCUT2D eigenvalue weighted by Crippen LogP contribution is -2.40. The smallest absolute Gasteiger partial charge is 0.387 e. The fourth-order valence-electron chi connectivity index (χ4n) is 1.82. The van der Waals surface area contributed by atoms with Crippen LogP contribution < -0.4 is 20.5 Å². The average molecular weight is 385 g/mol. The second kappa shape index (κ2) is 12.2. The summed E-state index contributed by atoms with van der Waals surface area (Å²) in [5.74, 6) is 0.743. The van der Waals surface area contributed by atoms with Gasteiger partial charge in [0, 0.05) is 6.54 Å². The number of thioether (sulfide) groups is 1. The van der Waals surface area contributed by atoms with Crippen LogP contribution in [0.5, 0.6) is 11.5 Å². The molecule has 0 saturated carbocycles. The lowest BCUT2D eigenvalue weighted by Gasteiger charge is -2.14. The van der Waals surface area contributed by atoms with Crippen molar-refractivity contribution < 1.29 is 23.0 Å². The van der Waals surface area contributed by atoms with E-state index in [1.54, 1.807) is 30.8 Å². The third-order valence-corrected chi connectivity index (χ3v) is 3.60. The molecule has 1 aromatic rings. The zero-order valence-electron chi connectivity index (χ0n) is 13.6. The van der Waals surface area contributed by atoms with Gasteiger partial charge in [-0.25, -0.2) is 0 Å². The van der Waals surface area contributed by atoms with Crippen LogP contribution >= 0.6 is 24.2 Å². The van der Waals surface area contributed by atoms with Crippen molar-refractivity contribution in [3.8, 4) is 11.5 Å². The predicted molar refractivity (Wildman–Crippen MR) is 94.3 cm³/mol. The van der Waals surface area contributed by atoms with Gasteiger partial charge in [-0.3, -0.25) is 4.79 Å². The van der Waals surface area contributed by atoms with Crippen LogP contribution in [0, 0.1) is 0 Å². The second-order valence-corrected chi connectivity index (χ2v) is 5.68. The lowest BCUT2D eigenvalue weighted by molar-refractivity contribution is -0.122. The number of alkyl halides is 2. The van der Waals surface area contributed by atoms with E-state index in [2.05, 4.69) is 10.1 Å². The van der Waals surface area contributed by atoms with Crippen molar-refractivity contribution in [2.75, 3.05) is 18.6 Å². The molecule has 1 atom stereocenters. The summed E-state index contributed by atoms with van der Waals surface area (Å²) >= 11 is 1.62. The molecule has 9 heteroatoms. The maximum absolute atomic E-state index is 12.3. The van der Waals surface area contributed by atoms with Crippen LogP contribution in [-0.4, -0.2) is 37.2 Å². The highest BCUT2D eigenvalue weighted by Gasteiger charge is 2.14. The zero-order valence-corrected chi connectivity index (χ0v) is 15.2. The molecule has 3 N–H and O–H groups in total. The van der Waals surface area contributed by atoms with Crippen LogP contribution in [0.3, 0.4) is 0 Å². The maximum Gasteiger partial charge on any atom is 0.387 e. The number of carbonyl (C=O) groups excluding carboxylic acids is 1. The highest BCUT2D eigenvalue weighted by Crippen LogP contribution is 2.29. The van der Waals surface area contributed by atoms with Crippen LogP contribution in [0.1, 0.15) is 18.9 Å². The van der Waals surface area contributed by atoms with Gasteiger partial charge in [0.25, 0.3) is 0 Å². The van der Waals surface area contributed by atoms with Gasteiger partial charge in [-0.15, -0.1) is 12.4 Å². The molecule has 0 fully saturated rings. The molecular weight excluding hydrogens is 362 g/mol. The zero-order chi connectivity index (χ0) is 17.2. The fourth-order valence-corrected chi connectivity index (χ4v) is 2.31. The molecule has 0 bridgehead atoms. The summed E-state index contributed by atoms with van der Waals surface area (Å²) in [4.78, 5) is 11.8. The fraction of sp³-hybridized carbons (Fsp3) is 0.533. The molecule has 0 aromatic heterocycles. The molecule has 138 valence electrons. The molecule has 1 amide bonds. The highest BCUT2D eigenvalue weighted by molar-refractivity contribution is 7.98. The van der Waals surface area contributed by atoms with Gasteiger partial charge in [-0.2, -0.15) is 20.5 Å². The molecular formula is C15H23ClF2N2O3S. The first kappa shape index (κ1) is 22.8. The summed E-state index contributed by atoms with van der Waals surface area (Å²) < 4.78 is 34.4. The Bertz CT molecular complexity index is 510. The first-order valence-electron chi connectivity index (χ1n) is 7.20. The van der Waals surface area contributed by atoms with E-state index in [4.69, 9.17) is 10.5 Å². The Morgan fingerprint density at radius 3 is 2.67 bits per heavy atom. The molecule has 0 aliphatic carbocycles. The number of ether oxygens (including phenoxy) is 2. The van der Waals surface area contributed by atoms with Crippen molar-refractivity contribution in [2.24, 2.45) is 5.73 Å². The van der Waals surface area contributed by atoms with E-state index in [1.165, 1.54) is 6.07 Å². The molecule has 0 aliphatic heterocycles. The molecule has 0 unspecified atom stereocenters. The Hall–Kier alpha value is -1.25. The van der Waals surface area contributed by atoms with Crippen LogP contribution in [0.25, 0.3) is 0 Å². The molecule has 0 saturated heterocycles. The maximum atomic E-state index is 12.3. The topological polar surface area (TPSA) is 73.6 Å². The third-order valence-electron chi connectivity index (χ3n) is 2.96. The van der Waals surface area contributed by atoms with Crippen LogP contribution in [0.2, 0.25) is 0 Å². The number of amides is 1. The van der Waals surface area contributed by atoms with Gasteiger partial charge in [-0.05, 0) is 43.0 Å². The second-order valence-electron chi connectivity index (χ2n) is 4.70. The molecule has 1 rings (SSSR count). The summed E-state index contributed by atoms with van der Waals surface area (Å²) in [7, 11) is 0. The number of hydrogen-bond donors (Lipinski definition) is 2. The van der Waals surface area contributed by atoms with Crippen molar-refractivity contribution in [3.63, 3.8) is 0 Å². The Labute approximate surface area is 151 Å². The Kier molecular flexibility index (Phi) is 11.5. The number of carbonyl (C=O) groups is 1. The first-order chi connectivity index (χ1) is 11.0. The number of nitrogens with one attached hydrogen (secondary N) is 1. The predicted octanol–water partition coefficient (Wildman–Crippen LogP) is 2.81. The molecule has 5 nitrogen and oxygen atoms in total.